The Kier molecular flexibility index (Phi) is 2.11. The van der Waals surface area contributed by atoms with Crippen LogP contribution in [0.3, 0.4) is 0 Å². The van der Waals surface area contributed by atoms with E-state index < -0.39 is 0 Å². The lowest BCUT2D eigenvalue weighted by Gasteiger charge is -2.00. The van der Waals surface area contributed by atoms with Crippen LogP contribution in [0.4, 0.5) is 0 Å². The summed E-state index contributed by atoms with van der Waals surface area (Å²) in [5.41, 5.74) is 2.34. The largest absolute Gasteiger partial charge is 0.506 e. The smallest absolute Gasteiger partial charge is 0.253 e. The molecule has 0 aliphatic carbocycles. The summed E-state index contributed by atoms with van der Waals surface area (Å²) in [4.78, 5) is 11.6. The third kappa shape index (κ3) is 1.44. The van der Waals surface area contributed by atoms with Crippen LogP contribution in [0.25, 0.3) is 5.52 Å². The SMILES string of the molecule is CNC(=O)c1c(C)cn2cc(O)ccc12. The van der Waals surface area contributed by atoms with Crippen LogP contribution in [0.1, 0.15) is 15.9 Å². The molecule has 0 bridgehead atoms. The molecule has 0 radical (unpaired) electrons. The van der Waals surface area contributed by atoms with Crippen molar-refractivity contribution in [3.63, 3.8) is 0 Å². The lowest BCUT2D eigenvalue weighted by molar-refractivity contribution is 0.0964. The Morgan fingerprint density at radius 2 is 2.13 bits per heavy atom. The van der Waals surface area contributed by atoms with Crippen molar-refractivity contribution < 1.29 is 9.90 Å². The van der Waals surface area contributed by atoms with E-state index in [0.29, 0.717) is 5.56 Å². The van der Waals surface area contributed by atoms with Gasteiger partial charge in [0.1, 0.15) is 5.75 Å². The van der Waals surface area contributed by atoms with Gasteiger partial charge in [0.05, 0.1) is 17.3 Å². The van der Waals surface area contributed by atoms with E-state index >= 15 is 0 Å². The molecule has 2 N–H and O–H groups in total. The highest BCUT2D eigenvalue weighted by atomic mass is 16.3. The lowest BCUT2D eigenvalue weighted by Crippen LogP contribution is -2.18. The van der Waals surface area contributed by atoms with Gasteiger partial charge in [0.2, 0.25) is 0 Å². The number of aryl methyl sites for hydroxylation is 1. The number of hydrogen-bond donors (Lipinski definition) is 2. The van der Waals surface area contributed by atoms with Crippen molar-refractivity contribution in [3.8, 4) is 5.75 Å². The fourth-order valence-corrected chi connectivity index (χ4v) is 1.72. The molecule has 2 rings (SSSR count). The maximum absolute atomic E-state index is 11.6. The van der Waals surface area contributed by atoms with E-state index in [1.165, 1.54) is 0 Å². The molecular formula is C11H12N2O2. The second-order valence-corrected chi connectivity index (χ2v) is 3.45. The van der Waals surface area contributed by atoms with Crippen molar-refractivity contribution in [2.24, 2.45) is 0 Å². The number of carbonyl (C=O) groups excluding carboxylic acids is 1. The highest BCUT2D eigenvalue weighted by Crippen LogP contribution is 2.20. The molecule has 15 heavy (non-hydrogen) atoms. The zero-order valence-corrected chi connectivity index (χ0v) is 8.61. The first-order valence-corrected chi connectivity index (χ1v) is 4.66. The van der Waals surface area contributed by atoms with E-state index in [1.807, 2.05) is 13.1 Å². The summed E-state index contributed by atoms with van der Waals surface area (Å²) in [6, 6.07) is 3.30. The van der Waals surface area contributed by atoms with Gasteiger partial charge in [-0.3, -0.25) is 4.79 Å². The summed E-state index contributed by atoms with van der Waals surface area (Å²) in [5.74, 6) is 0.0710. The minimum Gasteiger partial charge on any atom is -0.506 e. The molecule has 78 valence electrons. The molecule has 0 aliphatic heterocycles. The number of carbonyl (C=O) groups is 1. The molecule has 4 nitrogen and oxygen atoms in total. The Hall–Kier alpha value is -1.97. The highest BCUT2D eigenvalue weighted by Gasteiger charge is 2.13. The van der Waals surface area contributed by atoms with Crippen molar-refractivity contribution >= 4 is 11.4 Å². The van der Waals surface area contributed by atoms with Crippen LogP contribution in [0.5, 0.6) is 5.75 Å². The molecule has 0 aliphatic rings. The van der Waals surface area contributed by atoms with Crippen molar-refractivity contribution in [3.05, 3.63) is 35.7 Å². The van der Waals surface area contributed by atoms with Gasteiger partial charge in [-0.05, 0) is 24.6 Å². The lowest BCUT2D eigenvalue weighted by atomic mass is 10.1. The predicted octanol–water partition coefficient (Wildman–Crippen LogP) is 1.31. The average Bonchev–Trinajstić information content (AvgIpc) is 2.52. The van der Waals surface area contributed by atoms with Crippen molar-refractivity contribution in [1.82, 2.24) is 9.72 Å². The third-order valence-electron chi connectivity index (χ3n) is 2.40. The third-order valence-corrected chi connectivity index (χ3v) is 2.40. The fraction of sp³-hybridized carbons (Fsp3) is 0.182. The van der Waals surface area contributed by atoms with Crippen LogP contribution in [0.15, 0.2) is 24.5 Å². The number of aromatic nitrogens is 1. The van der Waals surface area contributed by atoms with Gasteiger partial charge in [0.25, 0.3) is 5.91 Å². The number of nitrogens with zero attached hydrogens (tertiary/aromatic N) is 1. The molecule has 2 aromatic heterocycles. The maximum Gasteiger partial charge on any atom is 0.253 e. The number of pyridine rings is 1. The van der Waals surface area contributed by atoms with Crippen LogP contribution >= 0.6 is 0 Å². The Morgan fingerprint density at radius 1 is 1.40 bits per heavy atom. The average molecular weight is 204 g/mol. The Labute approximate surface area is 87.2 Å². The summed E-state index contributed by atoms with van der Waals surface area (Å²) in [5, 5.41) is 11.9. The molecule has 0 aromatic carbocycles. The van der Waals surface area contributed by atoms with Crippen molar-refractivity contribution in [2.45, 2.75) is 6.92 Å². The normalized spacial score (nSPS) is 10.5. The minimum absolute atomic E-state index is 0.110. The topological polar surface area (TPSA) is 53.7 Å². The Bertz CT molecular complexity index is 529. The van der Waals surface area contributed by atoms with Crippen LogP contribution in [0.2, 0.25) is 0 Å². The highest BCUT2D eigenvalue weighted by molar-refractivity contribution is 6.02. The molecule has 4 heteroatoms. The van der Waals surface area contributed by atoms with Gasteiger partial charge in [-0.1, -0.05) is 0 Å². The minimum atomic E-state index is -0.110. The van der Waals surface area contributed by atoms with Gasteiger partial charge < -0.3 is 14.8 Å². The number of rotatable bonds is 1. The molecule has 0 fully saturated rings. The number of aromatic hydroxyl groups is 1. The van der Waals surface area contributed by atoms with E-state index in [1.54, 1.807) is 29.8 Å². The molecule has 0 saturated heterocycles. The summed E-state index contributed by atoms with van der Waals surface area (Å²) < 4.78 is 1.75. The van der Waals surface area contributed by atoms with Gasteiger partial charge in [0, 0.05) is 13.2 Å². The monoisotopic (exact) mass is 204 g/mol. The zero-order chi connectivity index (χ0) is 11.0. The Balaban J connectivity index is 2.73. The molecule has 0 spiro atoms. The number of fused-ring (bicyclic) bond motifs is 1. The summed E-state index contributed by atoms with van der Waals surface area (Å²) >= 11 is 0. The zero-order valence-electron chi connectivity index (χ0n) is 8.61. The van der Waals surface area contributed by atoms with Crippen LogP contribution < -0.4 is 5.32 Å². The van der Waals surface area contributed by atoms with Crippen LogP contribution in [0, 0.1) is 6.92 Å². The fourth-order valence-electron chi connectivity index (χ4n) is 1.72. The van der Waals surface area contributed by atoms with Crippen LogP contribution in [-0.4, -0.2) is 22.5 Å². The summed E-state index contributed by atoms with van der Waals surface area (Å²) in [6.07, 6.45) is 3.40. The van der Waals surface area contributed by atoms with Crippen LogP contribution in [-0.2, 0) is 0 Å². The van der Waals surface area contributed by atoms with Gasteiger partial charge in [-0.25, -0.2) is 0 Å². The predicted molar refractivity (Wildman–Crippen MR) is 57.2 cm³/mol. The van der Waals surface area contributed by atoms with E-state index in [0.717, 1.165) is 11.1 Å². The van der Waals surface area contributed by atoms with E-state index in [2.05, 4.69) is 5.32 Å². The molecule has 0 atom stereocenters. The Morgan fingerprint density at radius 3 is 2.80 bits per heavy atom. The van der Waals surface area contributed by atoms with Crippen molar-refractivity contribution in [2.75, 3.05) is 7.05 Å². The standard InChI is InChI=1S/C11H12N2O2/c1-7-5-13-6-8(14)3-4-9(13)10(7)11(15)12-2/h3-6,14H,1-2H3,(H,12,15). The first kappa shape index (κ1) is 9.58. The molecule has 1 amide bonds. The molecular weight excluding hydrogens is 192 g/mol. The second-order valence-electron chi connectivity index (χ2n) is 3.45. The first-order valence-electron chi connectivity index (χ1n) is 4.66. The van der Waals surface area contributed by atoms with Gasteiger partial charge in [-0.15, -0.1) is 0 Å². The summed E-state index contributed by atoms with van der Waals surface area (Å²) in [6.45, 7) is 1.87. The van der Waals surface area contributed by atoms with E-state index in [9.17, 15) is 9.90 Å². The van der Waals surface area contributed by atoms with E-state index in [-0.39, 0.29) is 11.7 Å². The molecule has 0 unspecified atom stereocenters. The number of nitrogens with one attached hydrogen (secondary N) is 1. The maximum atomic E-state index is 11.6. The van der Waals surface area contributed by atoms with Gasteiger partial charge in [-0.2, -0.15) is 0 Å². The molecule has 0 saturated carbocycles. The molecule has 2 heterocycles. The quantitative estimate of drug-likeness (QED) is 0.736. The second kappa shape index (κ2) is 3.31. The van der Waals surface area contributed by atoms with Gasteiger partial charge in [0.15, 0.2) is 0 Å². The number of hydrogen-bond acceptors (Lipinski definition) is 2. The van der Waals surface area contributed by atoms with Gasteiger partial charge >= 0.3 is 0 Å². The number of amides is 1. The van der Waals surface area contributed by atoms with Crippen molar-refractivity contribution in [1.29, 1.82) is 0 Å². The first-order chi connectivity index (χ1) is 7.13. The summed E-state index contributed by atoms with van der Waals surface area (Å²) in [7, 11) is 1.60. The van der Waals surface area contributed by atoms with E-state index in [4.69, 9.17) is 0 Å². The molecule has 2 aromatic rings.